The van der Waals surface area contributed by atoms with Crippen LogP contribution in [0.1, 0.15) is 22.8 Å². The Morgan fingerprint density at radius 3 is 2.56 bits per heavy atom. The number of carbonyl (C=O) groups is 1. The predicted octanol–water partition coefficient (Wildman–Crippen LogP) is 1.75. The van der Waals surface area contributed by atoms with Crippen molar-refractivity contribution in [1.82, 2.24) is 0 Å². The summed E-state index contributed by atoms with van der Waals surface area (Å²) in [6, 6.07) is 15.3. The van der Waals surface area contributed by atoms with Crippen LogP contribution >= 0.6 is 0 Å². The van der Waals surface area contributed by atoms with Crippen LogP contribution < -0.4 is 15.0 Å². The van der Waals surface area contributed by atoms with Crippen molar-refractivity contribution in [1.29, 1.82) is 0 Å². The Kier molecular flexibility index (Phi) is 6.04. The van der Waals surface area contributed by atoms with Gasteiger partial charge in [0.2, 0.25) is 0 Å². The number of para-hydroxylation sites is 2. The summed E-state index contributed by atoms with van der Waals surface area (Å²) in [5, 5.41) is 2.93. The summed E-state index contributed by atoms with van der Waals surface area (Å²) in [5.74, 6) is 0.559. The summed E-state index contributed by atoms with van der Waals surface area (Å²) in [5.41, 5.74) is 2.58. The zero-order valence-corrected chi connectivity index (χ0v) is 14.6. The van der Waals surface area contributed by atoms with Crippen LogP contribution in [0.25, 0.3) is 0 Å². The molecule has 132 valence electrons. The number of anilines is 1. The molecule has 1 saturated heterocycles. The number of rotatable bonds is 6. The van der Waals surface area contributed by atoms with Gasteiger partial charge in [-0.2, -0.15) is 0 Å². The van der Waals surface area contributed by atoms with Gasteiger partial charge in [0.25, 0.3) is 5.91 Å². The second-order valence-corrected chi connectivity index (χ2v) is 6.12. The van der Waals surface area contributed by atoms with E-state index in [2.05, 4.69) is 5.32 Å². The number of quaternary nitrogens is 1. The minimum Gasteiger partial charge on any atom is -0.492 e. The molecule has 1 aliphatic rings. The Morgan fingerprint density at radius 1 is 1.12 bits per heavy atom. The quantitative estimate of drug-likeness (QED) is 0.842. The van der Waals surface area contributed by atoms with E-state index in [1.165, 1.54) is 10.5 Å². The highest BCUT2D eigenvalue weighted by molar-refractivity contribution is 6.05. The van der Waals surface area contributed by atoms with E-state index < -0.39 is 0 Å². The first-order chi connectivity index (χ1) is 12.3. The van der Waals surface area contributed by atoms with Gasteiger partial charge in [0, 0.05) is 11.1 Å². The number of ether oxygens (including phenoxy) is 2. The van der Waals surface area contributed by atoms with E-state index in [0.29, 0.717) is 23.6 Å². The second kappa shape index (κ2) is 8.65. The fraction of sp³-hybridized carbons (Fsp3) is 0.350. The summed E-state index contributed by atoms with van der Waals surface area (Å²) in [4.78, 5) is 14.0. The van der Waals surface area contributed by atoms with Gasteiger partial charge in [0.15, 0.2) is 0 Å². The van der Waals surface area contributed by atoms with E-state index in [1.807, 2.05) is 55.5 Å². The summed E-state index contributed by atoms with van der Waals surface area (Å²) < 4.78 is 10.9. The molecule has 0 aromatic heterocycles. The number of carbonyl (C=O) groups excluding carboxylic acids is 1. The average Bonchev–Trinajstić information content (AvgIpc) is 2.65. The summed E-state index contributed by atoms with van der Waals surface area (Å²) >= 11 is 0. The standard InChI is InChI=1S/C20H24N2O3/c1-2-25-19-6-4-3-5-18(19)21-20(23)17-9-7-16(8-10-17)15-22-11-13-24-14-12-22/h3-10H,2,11-15H2,1H3,(H,21,23)/p+1. The largest absolute Gasteiger partial charge is 0.492 e. The van der Waals surface area contributed by atoms with Gasteiger partial charge in [-0.3, -0.25) is 4.79 Å². The molecule has 25 heavy (non-hydrogen) atoms. The molecule has 5 nitrogen and oxygen atoms in total. The normalized spacial score (nSPS) is 14.9. The van der Waals surface area contributed by atoms with E-state index in [1.54, 1.807) is 0 Å². The van der Waals surface area contributed by atoms with Gasteiger partial charge in [-0.05, 0) is 31.2 Å². The van der Waals surface area contributed by atoms with E-state index >= 15 is 0 Å². The van der Waals surface area contributed by atoms with Gasteiger partial charge >= 0.3 is 0 Å². The average molecular weight is 341 g/mol. The molecule has 2 N–H and O–H groups in total. The van der Waals surface area contributed by atoms with Crippen molar-refractivity contribution < 1.29 is 19.2 Å². The molecule has 0 radical (unpaired) electrons. The van der Waals surface area contributed by atoms with Crippen LogP contribution in [0.4, 0.5) is 5.69 Å². The van der Waals surface area contributed by atoms with Crippen LogP contribution in [0.2, 0.25) is 0 Å². The number of hydrogen-bond acceptors (Lipinski definition) is 3. The highest BCUT2D eigenvalue weighted by Crippen LogP contribution is 2.24. The topological polar surface area (TPSA) is 52.0 Å². The van der Waals surface area contributed by atoms with Crippen molar-refractivity contribution in [3.8, 4) is 5.75 Å². The fourth-order valence-electron chi connectivity index (χ4n) is 2.95. The Labute approximate surface area is 148 Å². The molecule has 0 unspecified atom stereocenters. The summed E-state index contributed by atoms with van der Waals surface area (Å²) in [7, 11) is 0. The third kappa shape index (κ3) is 4.81. The van der Waals surface area contributed by atoms with Gasteiger partial charge in [0.05, 0.1) is 25.5 Å². The third-order valence-corrected chi connectivity index (χ3v) is 4.31. The zero-order chi connectivity index (χ0) is 17.5. The van der Waals surface area contributed by atoms with Crippen LogP contribution in [0.5, 0.6) is 5.75 Å². The van der Waals surface area contributed by atoms with Gasteiger partial charge < -0.3 is 19.7 Å². The van der Waals surface area contributed by atoms with Crippen LogP contribution in [-0.4, -0.2) is 38.8 Å². The van der Waals surface area contributed by atoms with Crippen molar-refractivity contribution >= 4 is 11.6 Å². The Balaban J connectivity index is 1.62. The number of morpholine rings is 1. The molecule has 1 aliphatic heterocycles. The molecule has 1 heterocycles. The van der Waals surface area contributed by atoms with Crippen LogP contribution in [0.3, 0.4) is 0 Å². The fourth-order valence-corrected chi connectivity index (χ4v) is 2.95. The number of amides is 1. The maximum atomic E-state index is 12.5. The lowest BCUT2D eigenvalue weighted by molar-refractivity contribution is -0.921. The molecule has 0 spiro atoms. The first kappa shape index (κ1) is 17.5. The minimum atomic E-state index is -0.127. The smallest absolute Gasteiger partial charge is 0.255 e. The van der Waals surface area contributed by atoms with Crippen molar-refractivity contribution in [3.63, 3.8) is 0 Å². The van der Waals surface area contributed by atoms with Gasteiger partial charge in [-0.1, -0.05) is 24.3 Å². The molecule has 0 saturated carbocycles. The summed E-state index contributed by atoms with van der Waals surface area (Å²) in [6.45, 7) is 7.19. The second-order valence-electron chi connectivity index (χ2n) is 6.12. The predicted molar refractivity (Wildman–Crippen MR) is 97.2 cm³/mol. The molecule has 0 bridgehead atoms. The lowest BCUT2D eigenvalue weighted by atomic mass is 10.1. The SMILES string of the molecule is CCOc1ccccc1NC(=O)c1ccc(C[NH+]2CCOCC2)cc1. The van der Waals surface area contributed by atoms with Crippen molar-refractivity contribution in [3.05, 3.63) is 59.7 Å². The lowest BCUT2D eigenvalue weighted by Crippen LogP contribution is -3.12. The molecule has 1 amide bonds. The first-order valence-corrected chi connectivity index (χ1v) is 8.79. The van der Waals surface area contributed by atoms with Crippen molar-refractivity contribution in [2.75, 3.05) is 38.2 Å². The highest BCUT2D eigenvalue weighted by atomic mass is 16.5. The number of benzene rings is 2. The van der Waals surface area contributed by atoms with E-state index in [0.717, 1.165) is 32.8 Å². The maximum absolute atomic E-state index is 12.5. The zero-order valence-electron chi connectivity index (χ0n) is 14.6. The molecule has 3 rings (SSSR count). The summed E-state index contributed by atoms with van der Waals surface area (Å²) in [6.07, 6.45) is 0. The Bertz CT molecular complexity index is 694. The molecule has 0 aliphatic carbocycles. The lowest BCUT2D eigenvalue weighted by Gasteiger charge is -2.23. The number of nitrogens with one attached hydrogen (secondary N) is 2. The third-order valence-electron chi connectivity index (χ3n) is 4.31. The number of hydrogen-bond donors (Lipinski definition) is 2. The first-order valence-electron chi connectivity index (χ1n) is 8.79. The van der Waals surface area contributed by atoms with Gasteiger partial charge in [-0.15, -0.1) is 0 Å². The molecule has 5 heteroatoms. The van der Waals surface area contributed by atoms with E-state index in [9.17, 15) is 4.79 Å². The molecule has 2 aromatic rings. The van der Waals surface area contributed by atoms with E-state index in [-0.39, 0.29) is 5.91 Å². The van der Waals surface area contributed by atoms with Crippen molar-refractivity contribution in [2.45, 2.75) is 13.5 Å². The monoisotopic (exact) mass is 341 g/mol. The van der Waals surface area contributed by atoms with Crippen LogP contribution in [0.15, 0.2) is 48.5 Å². The van der Waals surface area contributed by atoms with E-state index in [4.69, 9.17) is 9.47 Å². The van der Waals surface area contributed by atoms with Crippen molar-refractivity contribution in [2.24, 2.45) is 0 Å². The minimum absolute atomic E-state index is 0.127. The Morgan fingerprint density at radius 2 is 1.84 bits per heavy atom. The maximum Gasteiger partial charge on any atom is 0.255 e. The molecule has 1 fully saturated rings. The van der Waals surface area contributed by atoms with Gasteiger partial charge in [0.1, 0.15) is 25.4 Å². The Hall–Kier alpha value is -2.37. The highest BCUT2D eigenvalue weighted by Gasteiger charge is 2.15. The van der Waals surface area contributed by atoms with Crippen LogP contribution in [-0.2, 0) is 11.3 Å². The molecular formula is C20H25N2O3+. The molecular weight excluding hydrogens is 316 g/mol. The molecule has 2 aromatic carbocycles. The molecule has 0 atom stereocenters. The van der Waals surface area contributed by atoms with Gasteiger partial charge in [-0.25, -0.2) is 0 Å². The van der Waals surface area contributed by atoms with Crippen LogP contribution in [0, 0.1) is 0 Å².